The Morgan fingerprint density at radius 3 is 2.60 bits per heavy atom. The quantitative estimate of drug-likeness (QED) is 0.722. The first-order valence-corrected chi connectivity index (χ1v) is 5.90. The second-order valence-electron chi connectivity index (χ2n) is 5.96. The second kappa shape index (κ2) is 4.67. The lowest BCUT2D eigenvalue weighted by atomic mass is 9.89. The van der Waals surface area contributed by atoms with E-state index in [-0.39, 0.29) is 12.1 Å². The van der Waals surface area contributed by atoms with Crippen LogP contribution in [0.3, 0.4) is 0 Å². The van der Waals surface area contributed by atoms with E-state index in [1.165, 1.54) is 6.42 Å². The minimum Gasteiger partial charge on any atom is -0.394 e. The lowest BCUT2D eigenvalue weighted by molar-refractivity contribution is 0.0427. The van der Waals surface area contributed by atoms with Crippen molar-refractivity contribution in [3.8, 4) is 0 Å². The van der Waals surface area contributed by atoms with Crippen molar-refractivity contribution in [3.63, 3.8) is 0 Å². The Balaban J connectivity index is 2.73. The monoisotopic (exact) mass is 211 g/mol. The van der Waals surface area contributed by atoms with Crippen LogP contribution in [-0.4, -0.2) is 35.2 Å². The maximum atomic E-state index is 9.63. The van der Waals surface area contributed by atoms with Crippen LogP contribution in [0, 0.1) is 5.41 Å². The van der Waals surface area contributed by atoms with Crippen LogP contribution in [0.15, 0.2) is 12.7 Å². The molecule has 1 aliphatic heterocycles. The van der Waals surface area contributed by atoms with Crippen LogP contribution < -0.4 is 0 Å². The Morgan fingerprint density at radius 2 is 2.13 bits per heavy atom. The molecule has 0 radical (unpaired) electrons. The Kier molecular flexibility index (Phi) is 3.96. The number of hydrogen-bond donors (Lipinski definition) is 1. The SMILES string of the molecule is C=CC[C@@]1(CO)CCCN1CC(C)(C)C. The molecule has 0 saturated carbocycles. The second-order valence-corrected chi connectivity index (χ2v) is 5.96. The fraction of sp³-hybridized carbons (Fsp3) is 0.846. The van der Waals surface area contributed by atoms with Crippen LogP contribution in [0.1, 0.15) is 40.0 Å². The topological polar surface area (TPSA) is 23.5 Å². The largest absolute Gasteiger partial charge is 0.394 e. The van der Waals surface area contributed by atoms with E-state index in [1.54, 1.807) is 0 Å². The van der Waals surface area contributed by atoms with Crippen molar-refractivity contribution >= 4 is 0 Å². The molecule has 1 atom stereocenters. The summed E-state index contributed by atoms with van der Waals surface area (Å²) in [5.74, 6) is 0. The van der Waals surface area contributed by atoms with Gasteiger partial charge in [0.05, 0.1) is 6.61 Å². The summed E-state index contributed by atoms with van der Waals surface area (Å²) >= 11 is 0. The predicted octanol–water partition coefficient (Wildman–Crippen LogP) is 2.44. The molecule has 0 aromatic rings. The molecule has 0 aliphatic carbocycles. The van der Waals surface area contributed by atoms with Gasteiger partial charge in [0.2, 0.25) is 0 Å². The third kappa shape index (κ3) is 3.05. The molecule has 0 aromatic carbocycles. The van der Waals surface area contributed by atoms with E-state index in [9.17, 15) is 5.11 Å². The van der Waals surface area contributed by atoms with Gasteiger partial charge in [0.15, 0.2) is 0 Å². The van der Waals surface area contributed by atoms with Crippen LogP contribution in [-0.2, 0) is 0 Å². The molecule has 0 aromatic heterocycles. The zero-order valence-electron chi connectivity index (χ0n) is 10.4. The number of aliphatic hydroxyl groups is 1. The molecule has 1 rings (SSSR count). The first-order valence-electron chi connectivity index (χ1n) is 5.90. The predicted molar refractivity (Wildman–Crippen MR) is 64.9 cm³/mol. The van der Waals surface area contributed by atoms with Gasteiger partial charge in [-0.25, -0.2) is 0 Å². The van der Waals surface area contributed by atoms with E-state index in [2.05, 4.69) is 32.3 Å². The van der Waals surface area contributed by atoms with Gasteiger partial charge in [-0.2, -0.15) is 0 Å². The van der Waals surface area contributed by atoms with Crippen molar-refractivity contribution in [1.29, 1.82) is 0 Å². The normalized spacial score (nSPS) is 28.3. The van der Waals surface area contributed by atoms with Crippen LogP contribution in [0.5, 0.6) is 0 Å². The van der Waals surface area contributed by atoms with Crippen LogP contribution in [0.25, 0.3) is 0 Å². The van der Waals surface area contributed by atoms with Crippen molar-refractivity contribution in [2.24, 2.45) is 5.41 Å². The average molecular weight is 211 g/mol. The molecular formula is C13H25NO. The van der Waals surface area contributed by atoms with Crippen molar-refractivity contribution < 1.29 is 5.11 Å². The molecule has 0 bridgehead atoms. The van der Waals surface area contributed by atoms with Gasteiger partial charge in [-0.05, 0) is 31.2 Å². The highest BCUT2D eigenvalue weighted by molar-refractivity contribution is 5.00. The molecule has 1 N–H and O–H groups in total. The molecular weight excluding hydrogens is 186 g/mol. The Hall–Kier alpha value is -0.340. The molecule has 1 heterocycles. The number of nitrogens with zero attached hydrogens (tertiary/aromatic N) is 1. The number of likely N-dealkylation sites (tertiary alicyclic amines) is 1. The van der Waals surface area contributed by atoms with Gasteiger partial charge >= 0.3 is 0 Å². The smallest absolute Gasteiger partial charge is 0.0618 e. The molecule has 0 spiro atoms. The zero-order chi connectivity index (χ0) is 11.5. The number of rotatable bonds is 4. The summed E-state index contributed by atoms with van der Waals surface area (Å²) in [7, 11) is 0. The Labute approximate surface area is 94.0 Å². The molecule has 15 heavy (non-hydrogen) atoms. The third-order valence-electron chi connectivity index (χ3n) is 3.22. The van der Waals surface area contributed by atoms with Gasteiger partial charge in [-0.15, -0.1) is 6.58 Å². The highest BCUT2D eigenvalue weighted by Crippen LogP contribution is 2.34. The fourth-order valence-electron chi connectivity index (χ4n) is 2.56. The minimum absolute atomic E-state index is 0.0188. The van der Waals surface area contributed by atoms with Gasteiger partial charge in [-0.3, -0.25) is 4.90 Å². The van der Waals surface area contributed by atoms with E-state index < -0.39 is 0 Å². The first kappa shape index (κ1) is 12.7. The fourth-order valence-corrected chi connectivity index (χ4v) is 2.56. The number of aliphatic hydroxyl groups excluding tert-OH is 1. The van der Waals surface area contributed by atoms with Gasteiger partial charge in [0, 0.05) is 12.1 Å². The van der Waals surface area contributed by atoms with Gasteiger partial charge in [0.25, 0.3) is 0 Å². The standard InChI is InChI=1S/C13H25NO/c1-5-7-13(11-15)8-6-9-14(13)10-12(2,3)4/h5,15H,1,6-11H2,2-4H3/t13-/m0/s1. The molecule has 0 unspecified atom stereocenters. The Bertz CT molecular complexity index is 219. The summed E-state index contributed by atoms with van der Waals surface area (Å²) in [5, 5.41) is 9.63. The van der Waals surface area contributed by atoms with E-state index in [0.29, 0.717) is 5.41 Å². The lowest BCUT2D eigenvalue weighted by Gasteiger charge is -2.40. The van der Waals surface area contributed by atoms with Gasteiger partial charge in [-0.1, -0.05) is 26.8 Å². The van der Waals surface area contributed by atoms with Crippen LogP contribution in [0.4, 0.5) is 0 Å². The first-order chi connectivity index (χ1) is 6.93. The zero-order valence-corrected chi connectivity index (χ0v) is 10.4. The van der Waals surface area contributed by atoms with E-state index in [0.717, 1.165) is 25.9 Å². The van der Waals surface area contributed by atoms with Gasteiger partial charge in [0.1, 0.15) is 0 Å². The molecule has 2 heteroatoms. The van der Waals surface area contributed by atoms with Crippen molar-refractivity contribution in [3.05, 3.63) is 12.7 Å². The highest BCUT2D eigenvalue weighted by Gasteiger charge is 2.40. The molecule has 1 aliphatic rings. The van der Waals surface area contributed by atoms with E-state index in [1.807, 2.05) is 6.08 Å². The maximum absolute atomic E-state index is 9.63. The minimum atomic E-state index is -0.0188. The summed E-state index contributed by atoms with van der Waals surface area (Å²) in [6, 6.07) is 0. The molecule has 1 fully saturated rings. The Morgan fingerprint density at radius 1 is 1.47 bits per heavy atom. The van der Waals surface area contributed by atoms with Gasteiger partial charge < -0.3 is 5.11 Å². The van der Waals surface area contributed by atoms with Crippen molar-refractivity contribution in [2.45, 2.75) is 45.6 Å². The van der Waals surface area contributed by atoms with Crippen LogP contribution >= 0.6 is 0 Å². The average Bonchev–Trinajstić information content (AvgIpc) is 2.47. The third-order valence-corrected chi connectivity index (χ3v) is 3.22. The molecule has 88 valence electrons. The van der Waals surface area contributed by atoms with E-state index >= 15 is 0 Å². The van der Waals surface area contributed by atoms with Crippen molar-refractivity contribution in [1.82, 2.24) is 4.90 Å². The molecule has 1 saturated heterocycles. The van der Waals surface area contributed by atoms with Crippen LogP contribution in [0.2, 0.25) is 0 Å². The lowest BCUT2D eigenvalue weighted by Crippen LogP contribution is -2.49. The van der Waals surface area contributed by atoms with Crippen molar-refractivity contribution in [2.75, 3.05) is 19.7 Å². The maximum Gasteiger partial charge on any atom is 0.0618 e. The molecule has 0 amide bonds. The summed E-state index contributed by atoms with van der Waals surface area (Å²) < 4.78 is 0. The summed E-state index contributed by atoms with van der Waals surface area (Å²) in [6.45, 7) is 13.0. The highest BCUT2D eigenvalue weighted by atomic mass is 16.3. The summed E-state index contributed by atoms with van der Waals surface area (Å²) in [6.07, 6.45) is 5.15. The number of hydrogen-bond acceptors (Lipinski definition) is 2. The molecule has 2 nitrogen and oxygen atoms in total. The summed E-state index contributed by atoms with van der Waals surface area (Å²) in [4.78, 5) is 2.45. The van der Waals surface area contributed by atoms with E-state index in [4.69, 9.17) is 0 Å². The summed E-state index contributed by atoms with van der Waals surface area (Å²) in [5.41, 5.74) is 0.279.